The minimum absolute atomic E-state index is 0.213. The molecule has 1 heterocycles. The maximum absolute atomic E-state index is 12.0. The van der Waals surface area contributed by atoms with Crippen LogP contribution < -0.4 is 11.1 Å². The number of piperidine rings is 1. The molecule has 10 heteroatoms. The minimum atomic E-state index is -3.28. The van der Waals surface area contributed by atoms with Crippen molar-refractivity contribution in [3.63, 3.8) is 0 Å². The van der Waals surface area contributed by atoms with Crippen molar-refractivity contribution in [3.05, 3.63) is 0 Å². The van der Waals surface area contributed by atoms with Crippen molar-refractivity contribution in [2.45, 2.75) is 25.3 Å². The molecule has 4 N–H and O–H groups in total. The van der Waals surface area contributed by atoms with Crippen LogP contribution in [0, 0.1) is 5.92 Å². The summed E-state index contributed by atoms with van der Waals surface area (Å²) in [6.45, 7) is 0.426. The lowest BCUT2D eigenvalue weighted by atomic mass is 9.96. The van der Waals surface area contributed by atoms with Crippen LogP contribution in [-0.2, 0) is 24.4 Å². The molecule has 0 aromatic carbocycles. The predicted molar refractivity (Wildman–Crippen MR) is 72.5 cm³/mol. The van der Waals surface area contributed by atoms with Crippen molar-refractivity contribution in [1.29, 1.82) is 0 Å². The van der Waals surface area contributed by atoms with E-state index in [1.807, 2.05) is 0 Å². The minimum Gasteiger partial charge on any atom is -0.480 e. The molecule has 1 rings (SSSR count). The lowest BCUT2D eigenvalue weighted by molar-refractivity contribution is -0.144. The molecule has 0 aromatic rings. The Bertz CT molecular complexity index is 524. The highest BCUT2D eigenvalue weighted by atomic mass is 32.2. The number of nitrogens with one attached hydrogen (secondary N) is 1. The first-order valence-corrected chi connectivity index (χ1v) is 8.22. The van der Waals surface area contributed by atoms with Crippen LogP contribution in [-0.4, -0.2) is 61.0 Å². The fraction of sp³-hybridized carbons (Fsp3) is 0.727. The van der Waals surface area contributed by atoms with E-state index in [1.165, 1.54) is 4.31 Å². The molecule has 0 aromatic heterocycles. The predicted octanol–water partition coefficient (Wildman–Crippen LogP) is -1.90. The normalized spacial score (nSPS) is 18.9. The monoisotopic (exact) mass is 321 g/mol. The number of sulfonamides is 1. The van der Waals surface area contributed by atoms with Crippen LogP contribution in [0.3, 0.4) is 0 Å². The van der Waals surface area contributed by atoms with E-state index in [1.54, 1.807) is 0 Å². The Labute approximate surface area is 122 Å². The van der Waals surface area contributed by atoms with Crippen molar-refractivity contribution in [2.24, 2.45) is 11.7 Å². The maximum Gasteiger partial charge on any atom is 0.326 e. The van der Waals surface area contributed by atoms with Gasteiger partial charge < -0.3 is 16.2 Å². The third-order valence-corrected chi connectivity index (χ3v) is 4.62. The Morgan fingerprint density at radius 1 is 1.33 bits per heavy atom. The molecule has 21 heavy (non-hydrogen) atoms. The smallest absolute Gasteiger partial charge is 0.326 e. The standard InChI is InChI=1S/C11H19N3O6S/c1-21(19,20)14-4-2-7(3-5-14)10(16)13-8(11(17)18)6-9(12)15/h7-8H,2-6H2,1H3,(H2,12,15)(H,13,16)(H,17,18). The lowest BCUT2D eigenvalue weighted by Gasteiger charge is -2.30. The first-order valence-electron chi connectivity index (χ1n) is 6.38. The van der Waals surface area contributed by atoms with E-state index in [0.717, 1.165) is 6.26 Å². The number of carbonyl (C=O) groups is 3. The van der Waals surface area contributed by atoms with Crippen LogP contribution in [0.25, 0.3) is 0 Å². The number of rotatable bonds is 6. The molecule has 9 nitrogen and oxygen atoms in total. The lowest BCUT2D eigenvalue weighted by Crippen LogP contribution is -2.48. The van der Waals surface area contributed by atoms with Gasteiger partial charge in [0.25, 0.3) is 0 Å². The van der Waals surface area contributed by atoms with Gasteiger partial charge in [0.2, 0.25) is 21.8 Å². The number of hydrogen-bond donors (Lipinski definition) is 3. The van der Waals surface area contributed by atoms with E-state index < -0.39 is 46.2 Å². The second-order valence-electron chi connectivity index (χ2n) is 5.01. The molecule has 0 saturated carbocycles. The van der Waals surface area contributed by atoms with E-state index in [-0.39, 0.29) is 13.1 Å². The summed E-state index contributed by atoms with van der Waals surface area (Å²) >= 11 is 0. The van der Waals surface area contributed by atoms with Crippen LogP contribution in [0.4, 0.5) is 0 Å². The summed E-state index contributed by atoms with van der Waals surface area (Å²) < 4.78 is 24.0. The number of hydrogen-bond acceptors (Lipinski definition) is 5. The summed E-state index contributed by atoms with van der Waals surface area (Å²) in [4.78, 5) is 33.6. The zero-order valence-corrected chi connectivity index (χ0v) is 12.4. The van der Waals surface area contributed by atoms with E-state index in [2.05, 4.69) is 5.32 Å². The Balaban J connectivity index is 2.57. The first-order chi connectivity index (χ1) is 9.61. The highest BCUT2D eigenvalue weighted by Crippen LogP contribution is 2.19. The first kappa shape index (κ1) is 17.4. The topological polar surface area (TPSA) is 147 Å². The van der Waals surface area contributed by atoms with E-state index in [4.69, 9.17) is 10.8 Å². The quantitative estimate of drug-likeness (QED) is 0.521. The zero-order chi connectivity index (χ0) is 16.2. The van der Waals surface area contributed by atoms with Gasteiger partial charge in [-0.2, -0.15) is 0 Å². The summed E-state index contributed by atoms with van der Waals surface area (Å²) in [6.07, 6.45) is 1.23. The Morgan fingerprint density at radius 2 is 1.86 bits per heavy atom. The van der Waals surface area contributed by atoms with Gasteiger partial charge in [0.15, 0.2) is 0 Å². The van der Waals surface area contributed by atoms with Crippen molar-refractivity contribution in [2.75, 3.05) is 19.3 Å². The third-order valence-electron chi connectivity index (χ3n) is 3.31. The molecule has 1 saturated heterocycles. The second-order valence-corrected chi connectivity index (χ2v) is 6.99. The van der Waals surface area contributed by atoms with Crippen LogP contribution in [0.1, 0.15) is 19.3 Å². The summed E-state index contributed by atoms with van der Waals surface area (Å²) in [6, 6.07) is -1.36. The zero-order valence-electron chi connectivity index (χ0n) is 11.6. The molecule has 0 radical (unpaired) electrons. The number of carbonyl (C=O) groups excluding carboxylic acids is 2. The van der Waals surface area contributed by atoms with Crippen LogP contribution >= 0.6 is 0 Å². The molecule has 1 aliphatic heterocycles. The largest absolute Gasteiger partial charge is 0.480 e. The molecular weight excluding hydrogens is 302 g/mol. The van der Waals surface area contributed by atoms with Gasteiger partial charge in [-0.1, -0.05) is 0 Å². The van der Waals surface area contributed by atoms with Gasteiger partial charge >= 0.3 is 5.97 Å². The molecule has 1 unspecified atom stereocenters. The van der Waals surface area contributed by atoms with Gasteiger partial charge in [-0.25, -0.2) is 17.5 Å². The summed E-state index contributed by atoms with van der Waals surface area (Å²) in [5.41, 5.74) is 4.92. The number of nitrogens with two attached hydrogens (primary N) is 1. The number of carboxylic acid groups (broad SMARTS) is 1. The van der Waals surface area contributed by atoms with Crippen LogP contribution in [0.2, 0.25) is 0 Å². The van der Waals surface area contributed by atoms with Crippen molar-refractivity contribution in [1.82, 2.24) is 9.62 Å². The molecule has 0 bridgehead atoms. The van der Waals surface area contributed by atoms with E-state index in [0.29, 0.717) is 12.8 Å². The SMILES string of the molecule is CS(=O)(=O)N1CCC(C(=O)NC(CC(N)=O)C(=O)O)CC1. The van der Waals surface area contributed by atoms with Crippen LogP contribution in [0.5, 0.6) is 0 Å². The maximum atomic E-state index is 12.0. The highest BCUT2D eigenvalue weighted by Gasteiger charge is 2.31. The number of aliphatic carboxylic acids is 1. The fourth-order valence-corrected chi connectivity index (χ4v) is 3.01. The Morgan fingerprint density at radius 3 is 2.24 bits per heavy atom. The van der Waals surface area contributed by atoms with Crippen molar-refractivity contribution in [3.8, 4) is 0 Å². The van der Waals surface area contributed by atoms with Crippen molar-refractivity contribution < 1.29 is 27.9 Å². The highest BCUT2D eigenvalue weighted by molar-refractivity contribution is 7.88. The molecule has 2 amide bonds. The number of primary amides is 1. The van der Waals surface area contributed by atoms with Gasteiger partial charge in [0.1, 0.15) is 6.04 Å². The molecule has 120 valence electrons. The number of carboxylic acids is 1. The fourth-order valence-electron chi connectivity index (χ4n) is 2.14. The van der Waals surface area contributed by atoms with Gasteiger partial charge in [-0.05, 0) is 12.8 Å². The molecular formula is C11H19N3O6S. The molecule has 0 aliphatic carbocycles. The average molecular weight is 321 g/mol. The van der Waals surface area contributed by atoms with Gasteiger partial charge in [0, 0.05) is 19.0 Å². The third kappa shape index (κ3) is 5.31. The molecule has 0 spiro atoms. The Hall–Kier alpha value is -1.68. The summed E-state index contributed by atoms with van der Waals surface area (Å²) in [5, 5.41) is 11.2. The van der Waals surface area contributed by atoms with Gasteiger partial charge in [0.05, 0.1) is 12.7 Å². The second kappa shape index (κ2) is 6.85. The van der Waals surface area contributed by atoms with E-state index in [9.17, 15) is 22.8 Å². The van der Waals surface area contributed by atoms with Crippen LogP contribution in [0.15, 0.2) is 0 Å². The van der Waals surface area contributed by atoms with E-state index >= 15 is 0 Å². The van der Waals surface area contributed by atoms with Gasteiger partial charge in [-0.3, -0.25) is 9.59 Å². The molecule has 1 atom stereocenters. The molecule has 1 aliphatic rings. The average Bonchev–Trinajstić information content (AvgIpc) is 2.36. The van der Waals surface area contributed by atoms with Gasteiger partial charge in [-0.15, -0.1) is 0 Å². The number of nitrogens with zero attached hydrogens (tertiary/aromatic N) is 1. The Kier molecular flexibility index (Phi) is 5.67. The van der Waals surface area contributed by atoms with Crippen molar-refractivity contribution >= 4 is 27.8 Å². The summed E-state index contributed by atoms with van der Waals surface area (Å²) in [7, 11) is -3.28. The number of amides is 2. The molecule has 1 fully saturated rings. The summed E-state index contributed by atoms with van der Waals surface area (Å²) in [5.74, 6) is -3.14.